The van der Waals surface area contributed by atoms with Gasteiger partial charge in [0.05, 0.1) is 23.2 Å². The van der Waals surface area contributed by atoms with E-state index in [2.05, 4.69) is 15.3 Å². The van der Waals surface area contributed by atoms with E-state index in [0.29, 0.717) is 6.42 Å². The molecule has 0 saturated heterocycles. The Balaban J connectivity index is 1.76. The number of carbonyl (C=O) groups excluding carboxylic acids is 1. The van der Waals surface area contributed by atoms with Crippen molar-refractivity contribution in [1.82, 2.24) is 20.0 Å². The van der Waals surface area contributed by atoms with E-state index in [1.54, 1.807) is 4.68 Å². The number of amides is 1. The average molecular weight is 329 g/mol. The van der Waals surface area contributed by atoms with E-state index < -0.39 is 0 Å². The number of hydrogen-bond donors (Lipinski definition) is 1. The Morgan fingerprint density at radius 2 is 2.12 bits per heavy atom. The number of aryl methyl sites for hydroxylation is 2. The first-order chi connectivity index (χ1) is 11.5. The summed E-state index contributed by atoms with van der Waals surface area (Å²) in [6.45, 7) is 3.88. The van der Waals surface area contributed by atoms with Crippen LogP contribution in [0.2, 0.25) is 0 Å². The van der Waals surface area contributed by atoms with Crippen molar-refractivity contribution in [3.63, 3.8) is 0 Å². The van der Waals surface area contributed by atoms with E-state index in [1.165, 1.54) is 0 Å². The summed E-state index contributed by atoms with van der Waals surface area (Å²) in [6.07, 6.45) is 3.45. The van der Waals surface area contributed by atoms with Gasteiger partial charge in [0.25, 0.3) is 0 Å². The van der Waals surface area contributed by atoms with Crippen LogP contribution in [0, 0.1) is 19.8 Å². The van der Waals surface area contributed by atoms with Gasteiger partial charge in [0.2, 0.25) is 5.91 Å². The van der Waals surface area contributed by atoms with Crippen molar-refractivity contribution in [2.24, 2.45) is 18.7 Å². The summed E-state index contributed by atoms with van der Waals surface area (Å²) in [7, 11) is 1.86. The summed E-state index contributed by atoms with van der Waals surface area (Å²) >= 11 is 0. The van der Waals surface area contributed by atoms with E-state index in [0.717, 1.165) is 47.8 Å². The van der Waals surface area contributed by atoms with Crippen molar-refractivity contribution in [3.8, 4) is 17.1 Å². The molecule has 1 aliphatic carbocycles. The minimum atomic E-state index is -0.230. The first-order valence-corrected chi connectivity index (χ1v) is 8.26. The number of primary amides is 1. The molecular weight excluding hydrogens is 306 g/mol. The average Bonchev–Trinajstić information content (AvgIpc) is 2.89. The maximum atomic E-state index is 11.4. The number of aromatic nitrogens is 4. The lowest BCUT2D eigenvalue weighted by atomic mass is 9.87. The van der Waals surface area contributed by atoms with Crippen LogP contribution in [-0.2, 0) is 11.8 Å². The standard InChI is InChI=1S/C17H23N5O2/c1-10-15(24-13-6-4-5-12(9-13)17(18)23)8-7-14(19-10)16-11(2)22(3)21-20-16/h7-8,12-13H,4-6,9H2,1-3H3,(H2,18,23)/t12-,13-/m0/s1. The Labute approximate surface area is 141 Å². The van der Waals surface area contributed by atoms with Crippen LogP contribution in [-0.4, -0.2) is 32.0 Å². The Morgan fingerprint density at radius 1 is 1.33 bits per heavy atom. The fourth-order valence-electron chi connectivity index (χ4n) is 3.14. The van der Waals surface area contributed by atoms with Crippen LogP contribution in [0.1, 0.15) is 37.1 Å². The van der Waals surface area contributed by atoms with Gasteiger partial charge in [0, 0.05) is 13.0 Å². The second-order valence-corrected chi connectivity index (χ2v) is 6.43. The number of nitrogens with zero attached hydrogens (tertiary/aromatic N) is 4. The molecule has 1 fully saturated rings. The number of nitrogens with two attached hydrogens (primary N) is 1. The third-order valence-electron chi connectivity index (χ3n) is 4.71. The summed E-state index contributed by atoms with van der Waals surface area (Å²) in [4.78, 5) is 16.0. The molecule has 1 amide bonds. The predicted octanol–water partition coefficient (Wildman–Crippen LogP) is 1.92. The van der Waals surface area contributed by atoms with Gasteiger partial charge in [0.15, 0.2) is 0 Å². The van der Waals surface area contributed by atoms with Crippen molar-refractivity contribution in [2.75, 3.05) is 0 Å². The molecule has 2 aromatic heterocycles. The fourth-order valence-corrected chi connectivity index (χ4v) is 3.14. The van der Waals surface area contributed by atoms with Crippen molar-refractivity contribution >= 4 is 5.91 Å². The quantitative estimate of drug-likeness (QED) is 0.924. The van der Waals surface area contributed by atoms with Gasteiger partial charge >= 0.3 is 0 Å². The molecule has 2 atom stereocenters. The van der Waals surface area contributed by atoms with Crippen LogP contribution in [0.3, 0.4) is 0 Å². The highest BCUT2D eigenvalue weighted by atomic mass is 16.5. The van der Waals surface area contributed by atoms with Gasteiger partial charge in [-0.2, -0.15) is 0 Å². The van der Waals surface area contributed by atoms with Gasteiger partial charge in [-0.25, -0.2) is 4.98 Å². The normalized spacial score (nSPS) is 20.8. The summed E-state index contributed by atoms with van der Waals surface area (Å²) in [5.74, 6) is 0.431. The van der Waals surface area contributed by atoms with Crippen LogP contribution in [0.4, 0.5) is 0 Å². The molecule has 0 radical (unpaired) electrons. The van der Waals surface area contributed by atoms with Crippen molar-refractivity contribution in [1.29, 1.82) is 0 Å². The summed E-state index contributed by atoms with van der Waals surface area (Å²) < 4.78 is 7.81. The van der Waals surface area contributed by atoms with Crippen molar-refractivity contribution in [3.05, 3.63) is 23.5 Å². The number of rotatable bonds is 4. The molecule has 7 heteroatoms. The summed E-state index contributed by atoms with van der Waals surface area (Å²) in [5.41, 5.74) is 8.76. The fraction of sp³-hybridized carbons (Fsp3) is 0.529. The lowest BCUT2D eigenvalue weighted by Gasteiger charge is -2.28. The highest BCUT2D eigenvalue weighted by Gasteiger charge is 2.27. The molecule has 0 aliphatic heterocycles. The lowest BCUT2D eigenvalue weighted by molar-refractivity contribution is -0.123. The number of pyridine rings is 1. The second-order valence-electron chi connectivity index (χ2n) is 6.43. The first kappa shape index (κ1) is 16.4. The zero-order valence-electron chi connectivity index (χ0n) is 14.3. The Hall–Kier alpha value is -2.44. The van der Waals surface area contributed by atoms with E-state index in [-0.39, 0.29) is 17.9 Å². The molecule has 1 saturated carbocycles. The van der Waals surface area contributed by atoms with E-state index in [9.17, 15) is 4.79 Å². The van der Waals surface area contributed by atoms with Gasteiger partial charge in [-0.1, -0.05) is 5.21 Å². The first-order valence-electron chi connectivity index (χ1n) is 8.26. The van der Waals surface area contributed by atoms with Crippen molar-refractivity contribution in [2.45, 2.75) is 45.6 Å². The predicted molar refractivity (Wildman–Crippen MR) is 89.3 cm³/mol. The summed E-state index contributed by atoms with van der Waals surface area (Å²) in [5, 5.41) is 8.17. The van der Waals surface area contributed by atoms with E-state index in [4.69, 9.17) is 10.5 Å². The van der Waals surface area contributed by atoms with Crippen LogP contribution in [0.5, 0.6) is 5.75 Å². The minimum absolute atomic E-state index is 0.0147. The molecule has 24 heavy (non-hydrogen) atoms. The lowest BCUT2D eigenvalue weighted by Crippen LogP contribution is -2.33. The molecule has 7 nitrogen and oxygen atoms in total. The van der Waals surface area contributed by atoms with Gasteiger partial charge in [0.1, 0.15) is 11.4 Å². The molecule has 2 aromatic rings. The summed E-state index contributed by atoms with van der Waals surface area (Å²) in [6, 6.07) is 3.81. The minimum Gasteiger partial charge on any atom is -0.489 e. The van der Waals surface area contributed by atoms with Crippen LogP contribution in [0.15, 0.2) is 12.1 Å². The Bertz CT molecular complexity index is 755. The SMILES string of the molecule is Cc1nc(-c2nnn(C)c2C)ccc1O[C@H]1CCC[C@H](C(N)=O)C1. The molecule has 128 valence electrons. The Morgan fingerprint density at radius 3 is 2.75 bits per heavy atom. The Kier molecular flexibility index (Phi) is 4.51. The highest BCUT2D eigenvalue weighted by Crippen LogP contribution is 2.30. The van der Waals surface area contributed by atoms with E-state index in [1.807, 2.05) is 33.0 Å². The van der Waals surface area contributed by atoms with Crippen LogP contribution < -0.4 is 10.5 Å². The maximum Gasteiger partial charge on any atom is 0.220 e. The van der Waals surface area contributed by atoms with Crippen LogP contribution >= 0.6 is 0 Å². The molecular formula is C17H23N5O2. The molecule has 0 spiro atoms. The molecule has 2 heterocycles. The smallest absolute Gasteiger partial charge is 0.220 e. The number of ether oxygens (including phenoxy) is 1. The number of carbonyl (C=O) groups is 1. The van der Waals surface area contributed by atoms with E-state index >= 15 is 0 Å². The van der Waals surface area contributed by atoms with Gasteiger partial charge in [-0.15, -0.1) is 5.10 Å². The highest BCUT2D eigenvalue weighted by molar-refractivity contribution is 5.76. The molecule has 3 rings (SSSR count). The second kappa shape index (κ2) is 6.59. The van der Waals surface area contributed by atoms with Gasteiger partial charge in [-0.3, -0.25) is 9.48 Å². The largest absolute Gasteiger partial charge is 0.489 e. The molecule has 2 N–H and O–H groups in total. The topological polar surface area (TPSA) is 95.9 Å². The molecule has 0 unspecified atom stereocenters. The van der Waals surface area contributed by atoms with Crippen LogP contribution in [0.25, 0.3) is 11.4 Å². The molecule has 1 aliphatic rings. The maximum absolute atomic E-state index is 11.4. The van der Waals surface area contributed by atoms with Gasteiger partial charge < -0.3 is 10.5 Å². The third kappa shape index (κ3) is 3.25. The zero-order valence-corrected chi connectivity index (χ0v) is 14.3. The molecule has 0 aromatic carbocycles. The number of hydrogen-bond acceptors (Lipinski definition) is 5. The molecule has 0 bridgehead atoms. The third-order valence-corrected chi connectivity index (χ3v) is 4.71. The van der Waals surface area contributed by atoms with Gasteiger partial charge in [-0.05, 0) is 51.7 Å². The van der Waals surface area contributed by atoms with Crippen molar-refractivity contribution < 1.29 is 9.53 Å². The zero-order chi connectivity index (χ0) is 17.3. The monoisotopic (exact) mass is 329 g/mol.